The Bertz CT molecular complexity index is 1500. The van der Waals surface area contributed by atoms with E-state index in [9.17, 15) is 4.79 Å². The van der Waals surface area contributed by atoms with Crippen molar-refractivity contribution in [3.8, 4) is 11.4 Å². The average molecular weight is 454 g/mol. The van der Waals surface area contributed by atoms with E-state index in [1.54, 1.807) is 17.4 Å². The number of aromatic nitrogens is 3. The van der Waals surface area contributed by atoms with Crippen molar-refractivity contribution in [3.05, 3.63) is 85.1 Å². The van der Waals surface area contributed by atoms with Gasteiger partial charge in [0.2, 0.25) is 0 Å². The standard InChI is InChI=1S/C23H17Cl2N3OS/c1-12-13(2)30-23-20(12)22(29)26-21(27-23)16-11-28(19-6-4-3-5-15(16)19)10-14-7-8-17(24)18(25)9-14/h3-9,11H,10H2,1-2H3,(H,26,27,29). The third kappa shape index (κ3) is 3.14. The zero-order chi connectivity index (χ0) is 21.0. The first-order chi connectivity index (χ1) is 14.4. The summed E-state index contributed by atoms with van der Waals surface area (Å²) in [6.45, 7) is 4.61. The lowest BCUT2D eigenvalue weighted by atomic mass is 10.1. The Morgan fingerprint density at radius 1 is 1.10 bits per heavy atom. The highest BCUT2D eigenvalue weighted by atomic mass is 35.5. The number of aromatic amines is 1. The Labute approximate surface area is 186 Å². The van der Waals surface area contributed by atoms with Crippen molar-refractivity contribution in [3.63, 3.8) is 0 Å². The molecule has 5 aromatic rings. The van der Waals surface area contributed by atoms with E-state index >= 15 is 0 Å². The van der Waals surface area contributed by atoms with Crippen LogP contribution in [0.25, 0.3) is 32.5 Å². The molecule has 0 saturated carbocycles. The Kier molecular flexibility index (Phi) is 4.69. The van der Waals surface area contributed by atoms with Crippen LogP contribution in [-0.2, 0) is 6.54 Å². The molecule has 0 fully saturated rings. The first-order valence-electron chi connectivity index (χ1n) is 9.44. The lowest BCUT2D eigenvalue weighted by molar-refractivity contribution is 0.837. The molecular weight excluding hydrogens is 437 g/mol. The first-order valence-corrected chi connectivity index (χ1v) is 11.0. The van der Waals surface area contributed by atoms with Crippen LogP contribution in [-0.4, -0.2) is 14.5 Å². The van der Waals surface area contributed by atoms with Gasteiger partial charge in [0, 0.05) is 34.1 Å². The number of H-pyrrole nitrogens is 1. The molecule has 0 bridgehead atoms. The molecule has 7 heteroatoms. The Balaban J connectivity index is 1.68. The summed E-state index contributed by atoms with van der Waals surface area (Å²) in [5.74, 6) is 0.581. The number of hydrogen-bond acceptors (Lipinski definition) is 3. The smallest absolute Gasteiger partial charge is 0.260 e. The number of fused-ring (bicyclic) bond motifs is 2. The van der Waals surface area contributed by atoms with Crippen molar-refractivity contribution in [2.45, 2.75) is 20.4 Å². The summed E-state index contributed by atoms with van der Waals surface area (Å²) in [7, 11) is 0. The van der Waals surface area contributed by atoms with Gasteiger partial charge in [-0.1, -0.05) is 47.5 Å². The van der Waals surface area contributed by atoms with Crippen LogP contribution >= 0.6 is 34.5 Å². The van der Waals surface area contributed by atoms with E-state index in [0.717, 1.165) is 37.3 Å². The summed E-state index contributed by atoms with van der Waals surface area (Å²) in [6, 6.07) is 13.7. The number of aryl methyl sites for hydroxylation is 2. The fourth-order valence-corrected chi connectivity index (χ4v) is 5.13. The maximum atomic E-state index is 12.8. The third-order valence-corrected chi connectivity index (χ3v) is 7.26. The molecule has 3 aromatic heterocycles. The number of thiophene rings is 1. The number of hydrogen-bond donors (Lipinski definition) is 1. The first kappa shape index (κ1) is 19.4. The van der Waals surface area contributed by atoms with Crippen LogP contribution in [0.2, 0.25) is 10.0 Å². The summed E-state index contributed by atoms with van der Waals surface area (Å²) < 4.78 is 2.14. The molecular formula is C23H17Cl2N3OS. The molecule has 0 aliphatic carbocycles. The van der Waals surface area contributed by atoms with E-state index in [0.29, 0.717) is 27.8 Å². The molecule has 0 unspecified atom stereocenters. The molecule has 0 atom stereocenters. The Morgan fingerprint density at radius 3 is 2.70 bits per heavy atom. The van der Waals surface area contributed by atoms with E-state index in [-0.39, 0.29) is 5.56 Å². The monoisotopic (exact) mass is 453 g/mol. The molecule has 0 aliphatic rings. The van der Waals surface area contributed by atoms with Crippen LogP contribution in [0.3, 0.4) is 0 Å². The molecule has 0 saturated heterocycles. The maximum absolute atomic E-state index is 12.8. The number of para-hydroxylation sites is 1. The fraction of sp³-hybridized carbons (Fsp3) is 0.130. The van der Waals surface area contributed by atoms with Gasteiger partial charge in [-0.25, -0.2) is 4.98 Å². The zero-order valence-electron chi connectivity index (χ0n) is 16.3. The van der Waals surface area contributed by atoms with Crippen LogP contribution in [0.5, 0.6) is 0 Å². The van der Waals surface area contributed by atoms with Gasteiger partial charge in [-0.15, -0.1) is 11.3 Å². The van der Waals surface area contributed by atoms with E-state index in [4.69, 9.17) is 28.2 Å². The molecule has 0 spiro atoms. The third-order valence-electron chi connectivity index (χ3n) is 5.42. The van der Waals surface area contributed by atoms with Gasteiger partial charge < -0.3 is 9.55 Å². The van der Waals surface area contributed by atoms with Crippen LogP contribution in [0.1, 0.15) is 16.0 Å². The zero-order valence-corrected chi connectivity index (χ0v) is 18.6. The normalized spacial score (nSPS) is 11.6. The second kappa shape index (κ2) is 7.27. The van der Waals surface area contributed by atoms with Crippen molar-refractivity contribution < 1.29 is 0 Å². The molecule has 2 aromatic carbocycles. The predicted octanol–water partition coefficient (Wildman–Crippen LogP) is 6.58. The van der Waals surface area contributed by atoms with Gasteiger partial charge >= 0.3 is 0 Å². The maximum Gasteiger partial charge on any atom is 0.260 e. The number of rotatable bonds is 3. The van der Waals surface area contributed by atoms with Gasteiger partial charge in [-0.2, -0.15) is 0 Å². The lowest BCUT2D eigenvalue weighted by Crippen LogP contribution is -2.09. The Hall–Kier alpha value is -2.60. The molecule has 0 amide bonds. The molecule has 3 heterocycles. The number of nitrogens with one attached hydrogen (secondary N) is 1. The fourth-order valence-electron chi connectivity index (χ4n) is 3.78. The Morgan fingerprint density at radius 2 is 1.90 bits per heavy atom. The number of benzene rings is 2. The van der Waals surface area contributed by atoms with Crippen molar-refractivity contribution >= 4 is 55.7 Å². The van der Waals surface area contributed by atoms with Crippen molar-refractivity contribution in [2.75, 3.05) is 0 Å². The quantitative estimate of drug-likeness (QED) is 0.335. The highest BCUT2D eigenvalue weighted by Crippen LogP contribution is 2.32. The average Bonchev–Trinajstić information content (AvgIpc) is 3.22. The predicted molar refractivity (Wildman–Crippen MR) is 126 cm³/mol. The van der Waals surface area contributed by atoms with Gasteiger partial charge in [0.1, 0.15) is 10.7 Å². The van der Waals surface area contributed by atoms with E-state index in [1.807, 2.05) is 50.4 Å². The topological polar surface area (TPSA) is 50.7 Å². The van der Waals surface area contributed by atoms with Gasteiger partial charge in [-0.05, 0) is 43.2 Å². The molecule has 150 valence electrons. The van der Waals surface area contributed by atoms with Gasteiger partial charge in [0.05, 0.1) is 15.4 Å². The molecule has 30 heavy (non-hydrogen) atoms. The second-order valence-electron chi connectivity index (χ2n) is 7.31. The summed E-state index contributed by atoms with van der Waals surface area (Å²) in [5.41, 5.74) is 3.89. The number of halogens is 2. The SMILES string of the molecule is Cc1sc2nc(-c3cn(Cc4ccc(Cl)c(Cl)c4)c4ccccc34)[nH]c(=O)c2c1C. The van der Waals surface area contributed by atoms with Gasteiger partial charge in [0.15, 0.2) is 0 Å². The van der Waals surface area contributed by atoms with E-state index in [1.165, 1.54) is 0 Å². The van der Waals surface area contributed by atoms with Crippen molar-refractivity contribution in [2.24, 2.45) is 0 Å². The van der Waals surface area contributed by atoms with Gasteiger partial charge in [-0.3, -0.25) is 4.79 Å². The molecule has 4 nitrogen and oxygen atoms in total. The van der Waals surface area contributed by atoms with Crippen LogP contribution < -0.4 is 5.56 Å². The summed E-state index contributed by atoms with van der Waals surface area (Å²) >= 11 is 13.8. The van der Waals surface area contributed by atoms with Crippen molar-refractivity contribution in [1.82, 2.24) is 14.5 Å². The highest BCUT2D eigenvalue weighted by molar-refractivity contribution is 7.18. The second-order valence-corrected chi connectivity index (χ2v) is 9.33. The summed E-state index contributed by atoms with van der Waals surface area (Å²) in [6.07, 6.45) is 2.03. The molecule has 1 N–H and O–H groups in total. The molecule has 0 aliphatic heterocycles. The van der Waals surface area contributed by atoms with E-state index < -0.39 is 0 Å². The minimum absolute atomic E-state index is 0.0989. The number of nitrogens with zero attached hydrogens (tertiary/aromatic N) is 2. The minimum atomic E-state index is -0.0989. The van der Waals surface area contributed by atoms with E-state index in [2.05, 4.69) is 15.6 Å². The lowest BCUT2D eigenvalue weighted by Gasteiger charge is -2.06. The van der Waals surface area contributed by atoms with Crippen LogP contribution in [0, 0.1) is 13.8 Å². The minimum Gasteiger partial charge on any atom is -0.342 e. The molecule has 0 radical (unpaired) electrons. The highest BCUT2D eigenvalue weighted by Gasteiger charge is 2.16. The van der Waals surface area contributed by atoms with Gasteiger partial charge in [0.25, 0.3) is 5.56 Å². The van der Waals surface area contributed by atoms with Crippen molar-refractivity contribution in [1.29, 1.82) is 0 Å². The summed E-state index contributed by atoms with van der Waals surface area (Å²) in [4.78, 5) is 22.5. The largest absolute Gasteiger partial charge is 0.342 e. The molecule has 5 rings (SSSR count). The van der Waals surface area contributed by atoms with Crippen LogP contribution in [0.15, 0.2) is 53.5 Å². The summed E-state index contributed by atoms with van der Waals surface area (Å²) in [5, 5.41) is 2.78. The van der Waals surface area contributed by atoms with Crippen LogP contribution in [0.4, 0.5) is 0 Å².